The van der Waals surface area contributed by atoms with Crippen LogP contribution in [0.4, 0.5) is 10.1 Å². The number of halogens is 2. The number of piperidine rings is 1. The van der Waals surface area contributed by atoms with E-state index in [2.05, 4.69) is 0 Å². The predicted molar refractivity (Wildman–Crippen MR) is 129 cm³/mol. The number of benzene rings is 3. The van der Waals surface area contributed by atoms with Crippen molar-refractivity contribution in [2.24, 2.45) is 10.8 Å². The van der Waals surface area contributed by atoms with Crippen LogP contribution >= 0.6 is 23.4 Å². The Morgan fingerprint density at radius 3 is 2.61 bits per heavy atom. The minimum atomic E-state index is -0.480. The summed E-state index contributed by atoms with van der Waals surface area (Å²) < 4.78 is 13.8. The maximum absolute atomic E-state index is 13.8. The fourth-order valence-electron chi connectivity index (χ4n) is 4.09. The normalized spacial score (nSPS) is 15.8. The topological polar surface area (TPSA) is 61.9 Å². The number of nitrogens with two attached hydrogens (primary N) is 1. The third-order valence-corrected chi connectivity index (χ3v) is 7.27. The molecule has 2 aliphatic rings. The number of carbonyl (C=O) groups excluding carboxylic acids is 1. The largest absolute Gasteiger partial charge is 0.282 e. The van der Waals surface area contributed by atoms with Crippen LogP contribution in [-0.4, -0.2) is 34.8 Å². The predicted octanol–water partition coefficient (Wildman–Crippen LogP) is 5.83. The second kappa shape index (κ2) is 9.27. The third-order valence-electron chi connectivity index (χ3n) is 5.84. The number of fused-ring (bicyclic) bond motifs is 2. The standard InChI is InChI=1S/C25H22ClFN4OS/c26-19-14-16(8-10-20(19)27)24-18-6-2-3-7-22(18)33-23-11-9-17(15-21(23)29-24)25(32)31(28)30-12-4-1-5-13-30/h2-3,6-11,14-15H,1,4-5,12-13,28H2. The zero-order valence-electron chi connectivity index (χ0n) is 17.8. The van der Waals surface area contributed by atoms with Gasteiger partial charge in [-0.2, -0.15) is 0 Å². The van der Waals surface area contributed by atoms with Crippen LogP contribution in [0.3, 0.4) is 0 Å². The van der Waals surface area contributed by atoms with Gasteiger partial charge in [0.05, 0.1) is 16.4 Å². The van der Waals surface area contributed by atoms with Gasteiger partial charge in [0, 0.05) is 39.6 Å². The molecule has 0 radical (unpaired) electrons. The molecule has 1 amide bonds. The van der Waals surface area contributed by atoms with Gasteiger partial charge in [0.15, 0.2) is 0 Å². The van der Waals surface area contributed by atoms with Crippen LogP contribution < -0.4 is 5.84 Å². The first-order valence-corrected chi connectivity index (χ1v) is 12.0. The molecule has 5 rings (SSSR count). The van der Waals surface area contributed by atoms with Gasteiger partial charge in [0.25, 0.3) is 5.91 Å². The van der Waals surface area contributed by atoms with Gasteiger partial charge in [-0.05, 0) is 55.3 Å². The molecule has 3 aromatic rings. The summed E-state index contributed by atoms with van der Waals surface area (Å²) in [5.41, 5.74) is 3.41. The summed E-state index contributed by atoms with van der Waals surface area (Å²) in [5.74, 6) is 5.42. The molecule has 5 nitrogen and oxygen atoms in total. The van der Waals surface area contributed by atoms with E-state index >= 15 is 0 Å². The van der Waals surface area contributed by atoms with Gasteiger partial charge in [-0.25, -0.2) is 25.4 Å². The number of hydrogen-bond acceptors (Lipinski definition) is 5. The Hall–Kier alpha value is -2.71. The molecule has 2 heterocycles. The third kappa shape index (κ3) is 4.42. The van der Waals surface area contributed by atoms with Crippen LogP contribution in [0, 0.1) is 5.82 Å². The van der Waals surface area contributed by atoms with Gasteiger partial charge in [-0.1, -0.05) is 48.0 Å². The summed E-state index contributed by atoms with van der Waals surface area (Å²) >= 11 is 7.65. The smallest absolute Gasteiger partial charge is 0.266 e. The fraction of sp³-hybridized carbons (Fsp3) is 0.200. The molecular formula is C25H22ClFN4OS. The number of amides is 1. The Morgan fingerprint density at radius 1 is 1.03 bits per heavy atom. The van der Waals surface area contributed by atoms with E-state index in [4.69, 9.17) is 22.4 Å². The number of hydrazine groups is 2. The summed E-state index contributed by atoms with van der Waals surface area (Å²) in [6.45, 7) is 1.54. The molecule has 0 atom stereocenters. The summed E-state index contributed by atoms with van der Waals surface area (Å²) in [5, 5.41) is 3.15. The number of aliphatic imine (C=N–C) groups is 1. The van der Waals surface area contributed by atoms with Crippen LogP contribution in [0.2, 0.25) is 5.02 Å². The lowest BCUT2D eigenvalue weighted by atomic mass is 10.0. The summed E-state index contributed by atoms with van der Waals surface area (Å²) in [6.07, 6.45) is 3.20. The molecule has 0 unspecified atom stereocenters. The second-order valence-corrected chi connectivity index (χ2v) is 9.53. The molecule has 0 spiro atoms. The van der Waals surface area contributed by atoms with Crippen molar-refractivity contribution in [3.63, 3.8) is 0 Å². The number of rotatable bonds is 3. The molecule has 0 saturated carbocycles. The zero-order valence-corrected chi connectivity index (χ0v) is 19.4. The van der Waals surface area contributed by atoms with Crippen molar-refractivity contribution < 1.29 is 9.18 Å². The average Bonchev–Trinajstić information content (AvgIpc) is 3.01. The second-order valence-electron chi connectivity index (χ2n) is 8.03. The SMILES string of the molecule is NN(C(=O)c1ccc2c(c1)N=C(c1ccc(F)c(Cl)c1)c1ccccc1S2)N1CCCCC1. The van der Waals surface area contributed by atoms with Crippen molar-refractivity contribution in [3.05, 3.63) is 88.2 Å². The van der Waals surface area contributed by atoms with Crippen molar-refractivity contribution in [1.29, 1.82) is 0 Å². The summed E-state index contributed by atoms with van der Waals surface area (Å²) in [6, 6.07) is 18.0. The number of hydrogen-bond donors (Lipinski definition) is 1. The van der Waals surface area contributed by atoms with Crippen LogP contribution in [0.25, 0.3) is 0 Å². The zero-order chi connectivity index (χ0) is 22.9. The van der Waals surface area contributed by atoms with Crippen LogP contribution in [0.15, 0.2) is 75.4 Å². The van der Waals surface area contributed by atoms with E-state index < -0.39 is 5.82 Å². The minimum absolute atomic E-state index is 0.0361. The first kappa shape index (κ1) is 22.1. The van der Waals surface area contributed by atoms with Crippen molar-refractivity contribution in [2.45, 2.75) is 29.1 Å². The van der Waals surface area contributed by atoms with Gasteiger partial charge in [-0.15, -0.1) is 0 Å². The highest BCUT2D eigenvalue weighted by Gasteiger charge is 2.24. The van der Waals surface area contributed by atoms with Crippen LogP contribution in [0.1, 0.15) is 40.7 Å². The first-order valence-electron chi connectivity index (χ1n) is 10.8. The van der Waals surface area contributed by atoms with Crippen molar-refractivity contribution in [1.82, 2.24) is 10.1 Å². The lowest BCUT2D eigenvalue weighted by Gasteiger charge is -2.33. The van der Waals surface area contributed by atoms with Gasteiger partial charge in [-0.3, -0.25) is 4.79 Å². The molecule has 2 aliphatic heterocycles. The Morgan fingerprint density at radius 2 is 1.82 bits per heavy atom. The molecule has 0 aliphatic carbocycles. The van der Waals surface area contributed by atoms with Gasteiger partial charge < -0.3 is 0 Å². The molecule has 1 saturated heterocycles. The van der Waals surface area contributed by atoms with Gasteiger partial charge in [0.1, 0.15) is 5.82 Å². The molecule has 168 valence electrons. The van der Waals surface area contributed by atoms with E-state index in [0.717, 1.165) is 47.7 Å². The lowest BCUT2D eigenvalue weighted by molar-refractivity contribution is -0.0223. The highest BCUT2D eigenvalue weighted by molar-refractivity contribution is 7.99. The lowest BCUT2D eigenvalue weighted by Crippen LogP contribution is -2.52. The Bertz CT molecular complexity index is 1260. The molecule has 0 bridgehead atoms. The van der Waals surface area contributed by atoms with Gasteiger partial charge >= 0.3 is 0 Å². The van der Waals surface area contributed by atoms with E-state index in [-0.39, 0.29) is 10.9 Å². The Labute approximate surface area is 201 Å². The monoisotopic (exact) mass is 480 g/mol. The number of nitrogens with zero attached hydrogens (tertiary/aromatic N) is 3. The first-order chi connectivity index (χ1) is 16.0. The van der Waals surface area contributed by atoms with E-state index in [9.17, 15) is 9.18 Å². The molecule has 8 heteroatoms. The molecule has 2 N–H and O–H groups in total. The maximum atomic E-state index is 13.8. The fourth-order valence-corrected chi connectivity index (χ4v) is 5.28. The van der Waals surface area contributed by atoms with E-state index in [0.29, 0.717) is 22.5 Å². The van der Waals surface area contributed by atoms with Crippen molar-refractivity contribution in [2.75, 3.05) is 13.1 Å². The number of carbonyl (C=O) groups is 1. The minimum Gasteiger partial charge on any atom is -0.266 e. The van der Waals surface area contributed by atoms with E-state index in [1.165, 1.54) is 11.2 Å². The molecule has 0 aromatic heterocycles. The van der Waals surface area contributed by atoms with E-state index in [1.54, 1.807) is 36.0 Å². The molecule has 1 fully saturated rings. The quantitative estimate of drug-likeness (QED) is 0.228. The van der Waals surface area contributed by atoms with E-state index in [1.807, 2.05) is 35.3 Å². The maximum Gasteiger partial charge on any atom is 0.282 e. The summed E-state index contributed by atoms with van der Waals surface area (Å²) in [4.78, 5) is 20.0. The Balaban J connectivity index is 1.57. The van der Waals surface area contributed by atoms with Crippen LogP contribution in [0.5, 0.6) is 0 Å². The average molecular weight is 481 g/mol. The summed E-state index contributed by atoms with van der Waals surface area (Å²) in [7, 11) is 0. The highest BCUT2D eigenvalue weighted by atomic mass is 35.5. The van der Waals surface area contributed by atoms with Crippen molar-refractivity contribution >= 4 is 40.7 Å². The highest BCUT2D eigenvalue weighted by Crippen LogP contribution is 2.42. The molecule has 33 heavy (non-hydrogen) atoms. The van der Waals surface area contributed by atoms with Crippen molar-refractivity contribution in [3.8, 4) is 0 Å². The molecular weight excluding hydrogens is 459 g/mol. The van der Waals surface area contributed by atoms with Crippen LogP contribution in [-0.2, 0) is 0 Å². The molecule has 3 aromatic carbocycles. The van der Waals surface area contributed by atoms with Gasteiger partial charge in [0.2, 0.25) is 0 Å². The Kier molecular flexibility index (Phi) is 6.21.